The van der Waals surface area contributed by atoms with Crippen LogP contribution in [0.5, 0.6) is 5.75 Å². The van der Waals surface area contributed by atoms with Crippen LogP contribution >= 0.6 is 27.3 Å². The van der Waals surface area contributed by atoms with Crippen molar-refractivity contribution in [1.82, 2.24) is 0 Å². The highest BCUT2D eigenvalue weighted by atomic mass is 79.9. The molecule has 0 atom stereocenters. The van der Waals surface area contributed by atoms with Gasteiger partial charge >= 0.3 is 0 Å². The van der Waals surface area contributed by atoms with Gasteiger partial charge in [-0.3, -0.25) is 4.79 Å². The number of amides is 1. The SMILES string of the molecule is NC(=O)COc1cccc(NCc2ccc(Br)s2)c1. The van der Waals surface area contributed by atoms with Crippen LogP contribution in [0, 0.1) is 0 Å². The maximum absolute atomic E-state index is 10.6. The molecule has 1 aromatic carbocycles. The Morgan fingerprint density at radius 3 is 2.89 bits per heavy atom. The number of thiophene rings is 1. The van der Waals surface area contributed by atoms with Gasteiger partial charge in [-0.25, -0.2) is 0 Å². The van der Waals surface area contributed by atoms with Crippen LogP contribution in [-0.4, -0.2) is 12.5 Å². The third-order valence-electron chi connectivity index (χ3n) is 2.31. The van der Waals surface area contributed by atoms with E-state index in [9.17, 15) is 4.79 Å². The Labute approximate surface area is 123 Å². The molecule has 1 aromatic heterocycles. The minimum Gasteiger partial charge on any atom is -0.484 e. The first-order valence-corrected chi connectivity index (χ1v) is 7.24. The van der Waals surface area contributed by atoms with Crippen molar-refractivity contribution in [2.24, 2.45) is 5.73 Å². The minimum atomic E-state index is -0.484. The summed E-state index contributed by atoms with van der Waals surface area (Å²) in [4.78, 5) is 11.9. The number of primary amides is 1. The van der Waals surface area contributed by atoms with Gasteiger partial charge in [-0.1, -0.05) is 6.07 Å². The summed E-state index contributed by atoms with van der Waals surface area (Å²) in [5.41, 5.74) is 5.97. The number of halogens is 1. The summed E-state index contributed by atoms with van der Waals surface area (Å²) in [7, 11) is 0. The van der Waals surface area contributed by atoms with Crippen LogP contribution in [-0.2, 0) is 11.3 Å². The molecular weight excluding hydrogens is 328 g/mol. The number of benzene rings is 1. The van der Waals surface area contributed by atoms with Crippen molar-refractivity contribution in [3.05, 3.63) is 45.1 Å². The summed E-state index contributed by atoms with van der Waals surface area (Å²) in [5.74, 6) is 0.137. The predicted octanol–water partition coefficient (Wildman–Crippen LogP) is 2.99. The van der Waals surface area contributed by atoms with Crippen LogP contribution in [0.3, 0.4) is 0 Å². The predicted molar refractivity (Wildman–Crippen MR) is 80.5 cm³/mol. The molecule has 0 spiro atoms. The largest absolute Gasteiger partial charge is 0.484 e. The lowest BCUT2D eigenvalue weighted by Crippen LogP contribution is -2.20. The average Bonchev–Trinajstić information content (AvgIpc) is 2.80. The second-order valence-corrected chi connectivity index (χ2v) is 6.39. The summed E-state index contributed by atoms with van der Waals surface area (Å²) < 4.78 is 6.36. The van der Waals surface area contributed by atoms with Gasteiger partial charge in [0.15, 0.2) is 6.61 Å². The number of carbonyl (C=O) groups excluding carboxylic acids is 1. The average molecular weight is 341 g/mol. The van der Waals surface area contributed by atoms with E-state index < -0.39 is 5.91 Å². The molecule has 0 radical (unpaired) electrons. The highest BCUT2D eigenvalue weighted by Gasteiger charge is 2.01. The summed E-state index contributed by atoms with van der Waals surface area (Å²) in [6.07, 6.45) is 0. The van der Waals surface area contributed by atoms with Gasteiger partial charge in [-0.05, 0) is 40.2 Å². The van der Waals surface area contributed by atoms with E-state index in [4.69, 9.17) is 10.5 Å². The van der Waals surface area contributed by atoms with E-state index in [1.165, 1.54) is 4.88 Å². The lowest BCUT2D eigenvalue weighted by molar-refractivity contribution is -0.119. The standard InChI is InChI=1S/C13H13BrN2O2S/c14-12-5-4-11(19-12)7-16-9-2-1-3-10(6-9)18-8-13(15)17/h1-6,16H,7-8H2,(H2,15,17). The van der Waals surface area contributed by atoms with Crippen LogP contribution in [0.2, 0.25) is 0 Å². The third-order valence-corrected chi connectivity index (χ3v) is 3.93. The van der Waals surface area contributed by atoms with Crippen molar-refractivity contribution in [2.75, 3.05) is 11.9 Å². The van der Waals surface area contributed by atoms with Crippen molar-refractivity contribution >= 4 is 38.9 Å². The molecule has 0 bridgehead atoms. The summed E-state index contributed by atoms with van der Waals surface area (Å²) in [6.45, 7) is 0.636. The number of nitrogens with one attached hydrogen (secondary N) is 1. The quantitative estimate of drug-likeness (QED) is 0.849. The zero-order valence-electron chi connectivity index (χ0n) is 10.1. The van der Waals surface area contributed by atoms with Gasteiger partial charge in [0.2, 0.25) is 0 Å². The summed E-state index contributed by atoms with van der Waals surface area (Å²) in [5, 5.41) is 3.30. The molecule has 0 aliphatic carbocycles. The Balaban J connectivity index is 1.93. The Morgan fingerprint density at radius 2 is 2.21 bits per heavy atom. The highest BCUT2D eigenvalue weighted by Crippen LogP contribution is 2.23. The molecule has 2 aromatic rings. The number of ether oxygens (including phenoxy) is 1. The topological polar surface area (TPSA) is 64.4 Å². The lowest BCUT2D eigenvalue weighted by atomic mass is 10.3. The van der Waals surface area contributed by atoms with Crippen molar-refractivity contribution in [3.8, 4) is 5.75 Å². The van der Waals surface area contributed by atoms with Gasteiger partial charge in [-0.15, -0.1) is 11.3 Å². The van der Waals surface area contributed by atoms with Crippen LogP contribution in [0.4, 0.5) is 5.69 Å². The molecule has 0 saturated heterocycles. The third kappa shape index (κ3) is 4.57. The van der Waals surface area contributed by atoms with Crippen LogP contribution < -0.4 is 15.8 Å². The maximum Gasteiger partial charge on any atom is 0.255 e. The number of anilines is 1. The van der Waals surface area contributed by atoms with E-state index in [-0.39, 0.29) is 6.61 Å². The molecule has 0 unspecified atom stereocenters. The lowest BCUT2D eigenvalue weighted by Gasteiger charge is -2.08. The normalized spacial score (nSPS) is 10.2. The zero-order chi connectivity index (χ0) is 13.7. The fourth-order valence-corrected chi connectivity index (χ4v) is 2.91. The van der Waals surface area contributed by atoms with Gasteiger partial charge in [-0.2, -0.15) is 0 Å². The van der Waals surface area contributed by atoms with Crippen molar-refractivity contribution < 1.29 is 9.53 Å². The first kappa shape index (κ1) is 13.9. The Hall–Kier alpha value is -1.53. The van der Waals surface area contributed by atoms with Gasteiger partial charge in [0.1, 0.15) is 5.75 Å². The van der Waals surface area contributed by atoms with Crippen LogP contribution in [0.15, 0.2) is 40.2 Å². The number of hydrogen-bond donors (Lipinski definition) is 2. The van der Waals surface area contributed by atoms with Crippen molar-refractivity contribution in [3.63, 3.8) is 0 Å². The molecule has 19 heavy (non-hydrogen) atoms. The molecular formula is C13H13BrN2O2S. The van der Waals surface area contributed by atoms with Gasteiger partial charge < -0.3 is 15.8 Å². The number of hydrogen-bond acceptors (Lipinski definition) is 4. The van der Waals surface area contributed by atoms with E-state index in [0.717, 1.165) is 16.0 Å². The Morgan fingerprint density at radius 1 is 1.37 bits per heavy atom. The highest BCUT2D eigenvalue weighted by molar-refractivity contribution is 9.11. The molecule has 0 aliphatic heterocycles. The maximum atomic E-state index is 10.6. The molecule has 3 N–H and O–H groups in total. The van der Waals surface area contributed by atoms with E-state index in [1.807, 2.05) is 24.3 Å². The smallest absolute Gasteiger partial charge is 0.255 e. The van der Waals surface area contributed by atoms with Crippen LogP contribution in [0.1, 0.15) is 4.88 Å². The number of rotatable bonds is 6. The summed E-state index contributed by atoms with van der Waals surface area (Å²) in [6, 6.07) is 11.5. The second kappa shape index (κ2) is 6.58. The minimum absolute atomic E-state index is 0.110. The monoisotopic (exact) mass is 340 g/mol. The first-order valence-electron chi connectivity index (χ1n) is 5.63. The molecule has 2 rings (SSSR count). The number of nitrogens with two attached hydrogens (primary N) is 1. The molecule has 6 heteroatoms. The fourth-order valence-electron chi connectivity index (χ4n) is 1.49. The van der Waals surface area contributed by atoms with E-state index in [1.54, 1.807) is 17.4 Å². The molecule has 0 saturated carbocycles. The zero-order valence-corrected chi connectivity index (χ0v) is 12.5. The van der Waals surface area contributed by atoms with Gasteiger partial charge in [0.25, 0.3) is 5.91 Å². The van der Waals surface area contributed by atoms with Crippen molar-refractivity contribution in [1.29, 1.82) is 0 Å². The van der Waals surface area contributed by atoms with E-state index in [2.05, 4.69) is 27.3 Å². The molecule has 100 valence electrons. The Bertz CT molecular complexity index is 571. The second-order valence-electron chi connectivity index (χ2n) is 3.84. The van der Waals surface area contributed by atoms with Gasteiger partial charge in [0.05, 0.1) is 3.79 Å². The molecule has 0 fully saturated rings. The Kier molecular flexibility index (Phi) is 4.81. The summed E-state index contributed by atoms with van der Waals surface area (Å²) >= 11 is 5.12. The van der Waals surface area contributed by atoms with E-state index in [0.29, 0.717) is 5.75 Å². The molecule has 4 nitrogen and oxygen atoms in total. The van der Waals surface area contributed by atoms with Crippen molar-refractivity contribution in [2.45, 2.75) is 6.54 Å². The molecule has 1 heterocycles. The first-order chi connectivity index (χ1) is 9.13. The van der Waals surface area contributed by atoms with Gasteiger partial charge in [0, 0.05) is 23.2 Å². The van der Waals surface area contributed by atoms with E-state index >= 15 is 0 Å². The molecule has 1 amide bonds. The molecule has 0 aliphatic rings. The van der Waals surface area contributed by atoms with Crippen LogP contribution in [0.25, 0.3) is 0 Å². The fraction of sp³-hybridized carbons (Fsp3) is 0.154. The number of carbonyl (C=O) groups is 1.